The fraction of sp³-hybridized carbons (Fsp3) is 0.800. The molecule has 1 fully saturated rings. The van der Waals surface area contributed by atoms with Gasteiger partial charge in [-0.25, -0.2) is 0 Å². The van der Waals surface area contributed by atoms with E-state index < -0.39 is 23.6 Å². The molecule has 1 rings (SSSR count). The van der Waals surface area contributed by atoms with Crippen LogP contribution in [0.1, 0.15) is 0 Å². The summed E-state index contributed by atoms with van der Waals surface area (Å²) in [6.45, 7) is 0. The highest BCUT2D eigenvalue weighted by Gasteiger charge is 2.46. The molecule has 1 saturated heterocycles. The van der Waals surface area contributed by atoms with Crippen LogP contribution in [0.15, 0.2) is 0 Å². The smallest absolute Gasteiger partial charge is 0.413 e. The normalized spacial score (nSPS) is 30.6. The van der Waals surface area contributed by atoms with Crippen molar-refractivity contribution in [2.75, 3.05) is 5.75 Å². The van der Waals surface area contributed by atoms with Crippen LogP contribution >= 0.6 is 11.8 Å². The van der Waals surface area contributed by atoms with Crippen LogP contribution in [-0.2, 0) is 4.79 Å². The summed E-state index contributed by atoms with van der Waals surface area (Å²) in [6, 6.07) is -1.08. The van der Waals surface area contributed by atoms with Crippen molar-refractivity contribution in [3.63, 3.8) is 0 Å². The van der Waals surface area contributed by atoms with Gasteiger partial charge in [-0.3, -0.25) is 10.1 Å². The number of nitrogens with one attached hydrogen (secondary N) is 1. The van der Waals surface area contributed by atoms with Gasteiger partial charge in [-0.2, -0.15) is 13.2 Å². The Bertz CT molecular complexity index is 196. The van der Waals surface area contributed by atoms with E-state index in [4.69, 9.17) is 5.11 Å². The standard InChI is InChI=1S/C5H6F3NO2S/c6-5(7,8)4-9-2(1-12-4)3(10)11/h2,4,9H,1H2,(H,10,11). The van der Waals surface area contributed by atoms with Gasteiger partial charge in [-0.1, -0.05) is 0 Å². The van der Waals surface area contributed by atoms with Crippen molar-refractivity contribution in [3.05, 3.63) is 0 Å². The first kappa shape index (κ1) is 9.66. The molecule has 1 heterocycles. The topological polar surface area (TPSA) is 49.3 Å². The molecule has 0 saturated carbocycles. The Hall–Kier alpha value is -0.430. The predicted molar refractivity (Wildman–Crippen MR) is 36.9 cm³/mol. The number of halogens is 3. The molecule has 2 N–H and O–H groups in total. The van der Waals surface area contributed by atoms with Crippen LogP contribution in [0.4, 0.5) is 13.2 Å². The van der Waals surface area contributed by atoms with Gasteiger partial charge in [0.2, 0.25) is 0 Å². The minimum absolute atomic E-state index is 0.0422. The minimum Gasteiger partial charge on any atom is -0.480 e. The first-order valence-electron chi connectivity index (χ1n) is 3.08. The molecular formula is C5H6F3NO2S. The second kappa shape index (κ2) is 3.14. The molecule has 3 nitrogen and oxygen atoms in total. The van der Waals surface area contributed by atoms with Gasteiger partial charge in [0.15, 0.2) is 5.37 Å². The van der Waals surface area contributed by atoms with Gasteiger partial charge in [0.25, 0.3) is 0 Å². The zero-order chi connectivity index (χ0) is 9.35. The number of hydrogen-bond donors (Lipinski definition) is 2. The molecule has 0 aromatic rings. The number of alkyl halides is 3. The van der Waals surface area contributed by atoms with Gasteiger partial charge < -0.3 is 5.11 Å². The van der Waals surface area contributed by atoms with Crippen LogP contribution in [0.25, 0.3) is 0 Å². The summed E-state index contributed by atoms with van der Waals surface area (Å²) in [5, 5.41) is 8.58. The summed E-state index contributed by atoms with van der Waals surface area (Å²) in [5.74, 6) is -1.28. The Balaban J connectivity index is 2.51. The largest absolute Gasteiger partial charge is 0.480 e. The van der Waals surface area contributed by atoms with E-state index >= 15 is 0 Å². The number of hydrogen-bond acceptors (Lipinski definition) is 3. The van der Waals surface area contributed by atoms with E-state index in [1.165, 1.54) is 0 Å². The maximum absolute atomic E-state index is 11.9. The second-order valence-corrected chi connectivity index (χ2v) is 3.45. The average molecular weight is 201 g/mol. The Kier molecular flexibility index (Phi) is 2.52. The van der Waals surface area contributed by atoms with Crippen molar-refractivity contribution >= 4 is 17.7 Å². The lowest BCUT2D eigenvalue weighted by molar-refractivity contribution is -0.144. The van der Waals surface area contributed by atoms with Crippen LogP contribution in [0, 0.1) is 0 Å². The Morgan fingerprint density at radius 1 is 1.58 bits per heavy atom. The second-order valence-electron chi connectivity index (χ2n) is 2.31. The third kappa shape index (κ3) is 2.04. The van der Waals surface area contributed by atoms with E-state index in [2.05, 4.69) is 0 Å². The third-order valence-corrected chi connectivity index (χ3v) is 2.64. The number of carboxylic acids is 1. The van der Waals surface area contributed by atoms with E-state index in [-0.39, 0.29) is 5.75 Å². The van der Waals surface area contributed by atoms with Crippen molar-refractivity contribution < 1.29 is 23.1 Å². The van der Waals surface area contributed by atoms with Crippen LogP contribution in [0.2, 0.25) is 0 Å². The van der Waals surface area contributed by atoms with Crippen LogP contribution in [0.3, 0.4) is 0 Å². The summed E-state index contributed by atoms with van der Waals surface area (Å²) >= 11 is 0.569. The number of aliphatic carboxylic acids is 1. The first-order valence-corrected chi connectivity index (χ1v) is 4.13. The minimum atomic E-state index is -4.37. The van der Waals surface area contributed by atoms with E-state index in [0.717, 1.165) is 0 Å². The first-order chi connectivity index (χ1) is 5.41. The SMILES string of the molecule is O=C(O)C1CSC(C(F)(F)F)N1. The van der Waals surface area contributed by atoms with Crippen LogP contribution in [0.5, 0.6) is 0 Å². The van der Waals surface area contributed by atoms with Crippen molar-refractivity contribution in [1.82, 2.24) is 5.32 Å². The highest BCUT2D eigenvalue weighted by Crippen LogP contribution is 2.32. The zero-order valence-electron chi connectivity index (χ0n) is 5.76. The Morgan fingerprint density at radius 2 is 2.17 bits per heavy atom. The molecule has 0 spiro atoms. The molecular weight excluding hydrogens is 195 g/mol. The van der Waals surface area contributed by atoms with Gasteiger partial charge in [0.05, 0.1) is 0 Å². The lowest BCUT2D eigenvalue weighted by atomic mass is 10.3. The molecule has 12 heavy (non-hydrogen) atoms. The summed E-state index contributed by atoms with van der Waals surface area (Å²) < 4.78 is 35.8. The van der Waals surface area contributed by atoms with Gasteiger partial charge in [-0.15, -0.1) is 11.8 Å². The molecule has 2 unspecified atom stereocenters. The number of rotatable bonds is 1. The molecule has 7 heteroatoms. The fourth-order valence-corrected chi connectivity index (χ4v) is 1.88. The summed E-state index contributed by atoms with van der Waals surface area (Å²) in [4.78, 5) is 10.2. The van der Waals surface area contributed by atoms with Gasteiger partial charge in [0, 0.05) is 5.75 Å². The molecule has 0 radical (unpaired) electrons. The quantitative estimate of drug-likeness (QED) is 0.654. The lowest BCUT2D eigenvalue weighted by Gasteiger charge is -2.13. The molecule has 0 amide bonds. The average Bonchev–Trinajstić information content (AvgIpc) is 2.30. The summed E-state index contributed by atoms with van der Waals surface area (Å²) in [6.07, 6.45) is -4.37. The Labute approximate surface area is 70.3 Å². The maximum atomic E-state index is 11.9. The van der Waals surface area contributed by atoms with Crippen LogP contribution < -0.4 is 5.32 Å². The molecule has 1 aliphatic rings. The molecule has 0 aromatic carbocycles. The monoisotopic (exact) mass is 201 g/mol. The Morgan fingerprint density at radius 3 is 2.42 bits per heavy atom. The van der Waals surface area contributed by atoms with Crippen molar-refractivity contribution in [1.29, 1.82) is 0 Å². The van der Waals surface area contributed by atoms with Crippen molar-refractivity contribution in [2.45, 2.75) is 17.6 Å². The zero-order valence-corrected chi connectivity index (χ0v) is 6.58. The molecule has 1 aliphatic heterocycles. The van der Waals surface area contributed by atoms with E-state index in [9.17, 15) is 18.0 Å². The van der Waals surface area contributed by atoms with E-state index in [1.54, 1.807) is 0 Å². The third-order valence-electron chi connectivity index (χ3n) is 1.38. The van der Waals surface area contributed by atoms with Gasteiger partial charge >= 0.3 is 12.1 Å². The van der Waals surface area contributed by atoms with Gasteiger partial charge in [0.1, 0.15) is 6.04 Å². The van der Waals surface area contributed by atoms with Crippen LogP contribution in [-0.4, -0.2) is 34.4 Å². The molecule has 0 bridgehead atoms. The number of thioether (sulfide) groups is 1. The van der Waals surface area contributed by atoms with E-state index in [1.807, 2.05) is 5.32 Å². The van der Waals surface area contributed by atoms with Gasteiger partial charge in [-0.05, 0) is 0 Å². The van der Waals surface area contributed by atoms with E-state index in [0.29, 0.717) is 11.8 Å². The fourth-order valence-electron chi connectivity index (χ4n) is 0.803. The highest BCUT2D eigenvalue weighted by molar-refractivity contribution is 8.00. The maximum Gasteiger partial charge on any atom is 0.413 e. The number of carboxylic acid groups (broad SMARTS) is 1. The molecule has 2 atom stereocenters. The molecule has 0 aromatic heterocycles. The highest BCUT2D eigenvalue weighted by atomic mass is 32.2. The molecule has 0 aliphatic carbocycles. The number of carbonyl (C=O) groups is 1. The van der Waals surface area contributed by atoms with Crippen molar-refractivity contribution in [2.24, 2.45) is 0 Å². The lowest BCUT2D eigenvalue weighted by Crippen LogP contribution is -2.42. The summed E-state index contributed by atoms with van der Waals surface area (Å²) in [5.41, 5.74) is 0. The van der Waals surface area contributed by atoms with Crippen molar-refractivity contribution in [3.8, 4) is 0 Å². The molecule has 70 valence electrons. The predicted octanol–water partition coefficient (Wildman–Crippen LogP) is 0.664. The summed E-state index contributed by atoms with van der Waals surface area (Å²) in [7, 11) is 0.